The number of carboxylic acid groups (broad SMARTS) is 1. The number of pyridine rings is 2. The van der Waals surface area contributed by atoms with E-state index in [4.69, 9.17) is 0 Å². The summed E-state index contributed by atoms with van der Waals surface area (Å²) in [5, 5.41) is 10.2. The monoisotopic (exact) mass is 280 g/mol. The van der Waals surface area contributed by atoms with Gasteiger partial charge in [-0.2, -0.15) is 0 Å². The lowest BCUT2D eigenvalue weighted by molar-refractivity contribution is 0.0698. The summed E-state index contributed by atoms with van der Waals surface area (Å²) < 4.78 is 1.42. The third kappa shape index (κ3) is 2.41. The second-order valence-corrected chi connectivity index (χ2v) is 4.68. The molecule has 0 saturated heterocycles. The van der Waals surface area contributed by atoms with Crippen LogP contribution >= 0.6 is 0 Å². The Morgan fingerprint density at radius 1 is 1.10 bits per heavy atom. The standard InChI is InChI=1S/C16H12N2O3/c19-15-13-4-2-1-3-12(13)14(16(20)21)10-18(15)9-11-5-7-17-8-6-11/h1-8,10H,9H2,(H,20,21). The van der Waals surface area contributed by atoms with Crippen molar-refractivity contribution in [2.45, 2.75) is 6.54 Å². The van der Waals surface area contributed by atoms with E-state index in [1.54, 1.807) is 48.8 Å². The summed E-state index contributed by atoms with van der Waals surface area (Å²) in [5.74, 6) is -1.05. The second kappa shape index (κ2) is 5.20. The van der Waals surface area contributed by atoms with E-state index in [-0.39, 0.29) is 11.1 Å². The highest BCUT2D eigenvalue weighted by atomic mass is 16.4. The van der Waals surface area contributed by atoms with E-state index in [1.165, 1.54) is 10.8 Å². The Balaban J connectivity index is 2.22. The highest BCUT2D eigenvalue weighted by molar-refractivity contribution is 6.02. The predicted octanol–water partition coefficient (Wildman–Crippen LogP) is 2.14. The minimum atomic E-state index is -1.05. The third-order valence-electron chi connectivity index (χ3n) is 3.33. The van der Waals surface area contributed by atoms with E-state index in [1.807, 2.05) is 0 Å². The molecule has 21 heavy (non-hydrogen) atoms. The van der Waals surface area contributed by atoms with Crippen LogP contribution in [0.4, 0.5) is 0 Å². The SMILES string of the molecule is O=C(O)c1cn(Cc2ccncc2)c(=O)c2ccccc12. The quantitative estimate of drug-likeness (QED) is 0.797. The maximum absolute atomic E-state index is 12.5. The molecule has 0 spiro atoms. The van der Waals surface area contributed by atoms with Crippen LogP contribution in [0, 0.1) is 0 Å². The molecule has 0 unspecified atom stereocenters. The van der Waals surface area contributed by atoms with Crippen LogP contribution in [0.2, 0.25) is 0 Å². The molecule has 5 nitrogen and oxygen atoms in total. The van der Waals surface area contributed by atoms with Crippen LogP contribution in [0.1, 0.15) is 15.9 Å². The molecule has 0 aliphatic carbocycles. The number of rotatable bonds is 3. The summed E-state index contributed by atoms with van der Waals surface area (Å²) in [5.41, 5.74) is 0.811. The maximum atomic E-state index is 12.5. The molecule has 2 aromatic heterocycles. The Labute approximate surface area is 120 Å². The van der Waals surface area contributed by atoms with Crippen LogP contribution in [-0.4, -0.2) is 20.6 Å². The van der Waals surface area contributed by atoms with Crippen LogP contribution in [0.3, 0.4) is 0 Å². The number of nitrogens with zero attached hydrogens (tertiary/aromatic N) is 2. The maximum Gasteiger partial charge on any atom is 0.337 e. The molecular weight excluding hydrogens is 268 g/mol. The van der Waals surface area contributed by atoms with Crippen molar-refractivity contribution in [2.75, 3.05) is 0 Å². The van der Waals surface area contributed by atoms with E-state index >= 15 is 0 Å². The van der Waals surface area contributed by atoms with Gasteiger partial charge in [0.25, 0.3) is 5.56 Å². The second-order valence-electron chi connectivity index (χ2n) is 4.68. The van der Waals surface area contributed by atoms with Crippen molar-refractivity contribution in [1.29, 1.82) is 0 Å². The first kappa shape index (κ1) is 13.1. The molecule has 3 aromatic rings. The lowest BCUT2D eigenvalue weighted by atomic mass is 10.1. The van der Waals surface area contributed by atoms with Gasteiger partial charge < -0.3 is 9.67 Å². The Morgan fingerprint density at radius 2 is 1.76 bits per heavy atom. The normalized spacial score (nSPS) is 10.7. The Bertz CT molecular complexity index is 870. The summed E-state index contributed by atoms with van der Waals surface area (Å²) in [6, 6.07) is 10.3. The smallest absolute Gasteiger partial charge is 0.337 e. The van der Waals surface area contributed by atoms with E-state index in [9.17, 15) is 14.7 Å². The van der Waals surface area contributed by atoms with Crippen LogP contribution in [0.15, 0.2) is 59.8 Å². The number of hydrogen-bond donors (Lipinski definition) is 1. The number of aromatic carboxylic acids is 1. The molecule has 0 aliphatic rings. The molecule has 0 bridgehead atoms. The van der Waals surface area contributed by atoms with Gasteiger partial charge in [0.2, 0.25) is 0 Å². The lowest BCUT2D eigenvalue weighted by Crippen LogP contribution is -2.22. The van der Waals surface area contributed by atoms with E-state index < -0.39 is 5.97 Å². The van der Waals surface area contributed by atoms with Gasteiger partial charge in [-0.05, 0) is 23.8 Å². The van der Waals surface area contributed by atoms with Crippen molar-refractivity contribution >= 4 is 16.7 Å². The largest absolute Gasteiger partial charge is 0.478 e. The third-order valence-corrected chi connectivity index (χ3v) is 3.33. The van der Waals surface area contributed by atoms with Gasteiger partial charge in [0, 0.05) is 29.4 Å². The molecule has 5 heteroatoms. The zero-order chi connectivity index (χ0) is 14.8. The van der Waals surface area contributed by atoms with E-state index in [2.05, 4.69) is 4.98 Å². The van der Waals surface area contributed by atoms with Gasteiger partial charge in [-0.1, -0.05) is 18.2 Å². The molecule has 0 atom stereocenters. The Kier molecular flexibility index (Phi) is 3.23. The van der Waals surface area contributed by atoms with Gasteiger partial charge in [-0.3, -0.25) is 9.78 Å². The number of hydrogen-bond acceptors (Lipinski definition) is 3. The number of aromatic nitrogens is 2. The molecule has 3 rings (SSSR count). The van der Waals surface area contributed by atoms with Gasteiger partial charge in [0.1, 0.15) is 0 Å². The Hall–Kier alpha value is -2.95. The fourth-order valence-corrected chi connectivity index (χ4v) is 2.32. The summed E-state index contributed by atoms with van der Waals surface area (Å²) in [7, 11) is 0. The van der Waals surface area contributed by atoms with Gasteiger partial charge in [-0.25, -0.2) is 4.79 Å². The van der Waals surface area contributed by atoms with Gasteiger partial charge in [0.05, 0.1) is 12.1 Å². The zero-order valence-electron chi connectivity index (χ0n) is 11.1. The first-order chi connectivity index (χ1) is 10.2. The molecule has 1 aromatic carbocycles. The first-order valence-electron chi connectivity index (χ1n) is 6.41. The van der Waals surface area contributed by atoms with Crippen molar-refractivity contribution < 1.29 is 9.90 Å². The zero-order valence-corrected chi connectivity index (χ0v) is 11.1. The van der Waals surface area contributed by atoms with Crippen LogP contribution in [0.5, 0.6) is 0 Å². The molecule has 104 valence electrons. The Morgan fingerprint density at radius 3 is 2.43 bits per heavy atom. The van der Waals surface area contributed by atoms with Crippen LogP contribution < -0.4 is 5.56 Å². The number of fused-ring (bicyclic) bond motifs is 1. The molecule has 2 heterocycles. The van der Waals surface area contributed by atoms with E-state index in [0.29, 0.717) is 17.3 Å². The van der Waals surface area contributed by atoms with Crippen molar-refractivity contribution in [1.82, 2.24) is 9.55 Å². The fraction of sp³-hybridized carbons (Fsp3) is 0.0625. The van der Waals surface area contributed by atoms with E-state index in [0.717, 1.165) is 5.56 Å². The number of benzene rings is 1. The summed E-state index contributed by atoms with van der Waals surface area (Å²) in [4.78, 5) is 27.8. The average molecular weight is 280 g/mol. The predicted molar refractivity (Wildman–Crippen MR) is 78.5 cm³/mol. The van der Waals surface area contributed by atoms with Crippen molar-refractivity contribution in [3.8, 4) is 0 Å². The first-order valence-corrected chi connectivity index (χ1v) is 6.41. The van der Waals surface area contributed by atoms with Crippen molar-refractivity contribution in [3.05, 3.63) is 76.5 Å². The van der Waals surface area contributed by atoms with Gasteiger partial charge >= 0.3 is 5.97 Å². The topological polar surface area (TPSA) is 72.2 Å². The molecule has 0 fully saturated rings. The number of carboxylic acids is 1. The highest BCUT2D eigenvalue weighted by Gasteiger charge is 2.13. The molecule has 1 N–H and O–H groups in total. The van der Waals surface area contributed by atoms with Gasteiger partial charge in [-0.15, -0.1) is 0 Å². The highest BCUT2D eigenvalue weighted by Crippen LogP contribution is 2.16. The fourth-order valence-electron chi connectivity index (χ4n) is 2.32. The minimum Gasteiger partial charge on any atom is -0.478 e. The lowest BCUT2D eigenvalue weighted by Gasteiger charge is -2.10. The summed E-state index contributed by atoms with van der Waals surface area (Å²) in [6.45, 7) is 0.312. The molecule has 0 amide bonds. The minimum absolute atomic E-state index is 0.124. The summed E-state index contributed by atoms with van der Waals surface area (Å²) >= 11 is 0. The average Bonchev–Trinajstić information content (AvgIpc) is 2.51. The molecule has 0 aliphatic heterocycles. The van der Waals surface area contributed by atoms with Crippen LogP contribution in [0.25, 0.3) is 10.8 Å². The van der Waals surface area contributed by atoms with Crippen molar-refractivity contribution in [3.63, 3.8) is 0 Å². The summed E-state index contributed by atoms with van der Waals surface area (Å²) in [6.07, 6.45) is 4.67. The van der Waals surface area contributed by atoms with Crippen molar-refractivity contribution in [2.24, 2.45) is 0 Å². The van der Waals surface area contributed by atoms with Crippen LogP contribution in [-0.2, 0) is 6.54 Å². The molecule has 0 saturated carbocycles. The van der Waals surface area contributed by atoms with Gasteiger partial charge in [0.15, 0.2) is 0 Å². The number of carbonyl (C=O) groups is 1. The molecule has 0 radical (unpaired) electrons. The molecular formula is C16H12N2O3.